The number of hydrogen-bond donors (Lipinski definition) is 2. The Kier molecular flexibility index (Phi) is 5.38. The van der Waals surface area contributed by atoms with Crippen LogP contribution in [0.1, 0.15) is 39.4 Å². The molecule has 0 radical (unpaired) electrons. The summed E-state index contributed by atoms with van der Waals surface area (Å²) in [6.45, 7) is 1.77. The van der Waals surface area contributed by atoms with E-state index in [4.69, 9.17) is 39.9 Å². The summed E-state index contributed by atoms with van der Waals surface area (Å²) < 4.78 is 1.73. The lowest BCUT2D eigenvalue weighted by atomic mass is 10.1. The molecular weight excluding hydrogens is 411 g/mol. The van der Waals surface area contributed by atoms with Gasteiger partial charge in [0.1, 0.15) is 5.69 Å². The van der Waals surface area contributed by atoms with Crippen molar-refractivity contribution in [2.45, 2.75) is 13.0 Å². The van der Waals surface area contributed by atoms with Crippen LogP contribution in [0.2, 0.25) is 15.1 Å². The van der Waals surface area contributed by atoms with Crippen LogP contribution in [0.15, 0.2) is 36.4 Å². The van der Waals surface area contributed by atoms with Gasteiger partial charge >= 0.3 is 5.97 Å². The van der Waals surface area contributed by atoms with Crippen LogP contribution in [0, 0.1) is 0 Å². The molecule has 3 aromatic rings. The molecule has 1 unspecified atom stereocenters. The van der Waals surface area contributed by atoms with Crippen LogP contribution in [0.25, 0.3) is 10.9 Å². The summed E-state index contributed by atoms with van der Waals surface area (Å²) in [5.41, 5.74) is 1.91. The van der Waals surface area contributed by atoms with Crippen LogP contribution < -0.4 is 5.32 Å². The first-order valence-corrected chi connectivity index (χ1v) is 9.11. The van der Waals surface area contributed by atoms with E-state index >= 15 is 0 Å². The van der Waals surface area contributed by atoms with E-state index in [1.165, 1.54) is 12.1 Å². The summed E-state index contributed by atoms with van der Waals surface area (Å²) in [6, 6.07) is 9.14. The maximum Gasteiger partial charge on any atom is 0.335 e. The first-order valence-electron chi connectivity index (χ1n) is 7.97. The number of aromatic carboxylic acids is 1. The average Bonchev–Trinajstić information content (AvgIpc) is 2.95. The number of carboxylic acids is 1. The number of carbonyl (C=O) groups excluding carboxylic acids is 1. The number of rotatable bonds is 4. The van der Waals surface area contributed by atoms with Crippen LogP contribution in [0.5, 0.6) is 0 Å². The third kappa shape index (κ3) is 3.63. The first kappa shape index (κ1) is 19.5. The maximum atomic E-state index is 12.8. The monoisotopic (exact) mass is 424 g/mol. The van der Waals surface area contributed by atoms with E-state index in [9.17, 15) is 9.59 Å². The molecule has 1 atom stereocenters. The second-order valence-corrected chi connectivity index (χ2v) is 7.31. The van der Waals surface area contributed by atoms with Crippen molar-refractivity contribution in [3.05, 3.63) is 68.3 Å². The molecule has 0 aliphatic carbocycles. The van der Waals surface area contributed by atoms with Crippen LogP contribution in [0.4, 0.5) is 0 Å². The molecule has 0 saturated heterocycles. The first-order chi connectivity index (χ1) is 12.7. The number of benzene rings is 2. The number of aryl methyl sites for hydroxylation is 1. The minimum Gasteiger partial charge on any atom is -0.478 e. The van der Waals surface area contributed by atoms with Crippen LogP contribution in [-0.4, -0.2) is 21.6 Å². The molecule has 0 aliphatic rings. The summed E-state index contributed by atoms with van der Waals surface area (Å²) in [4.78, 5) is 23.8. The Bertz CT molecular complexity index is 1080. The molecule has 0 spiro atoms. The summed E-state index contributed by atoms with van der Waals surface area (Å²) >= 11 is 18.5. The zero-order valence-electron chi connectivity index (χ0n) is 14.4. The summed E-state index contributed by atoms with van der Waals surface area (Å²) in [6.07, 6.45) is 0. The van der Waals surface area contributed by atoms with E-state index in [0.29, 0.717) is 26.7 Å². The second-order valence-electron chi connectivity index (χ2n) is 6.12. The van der Waals surface area contributed by atoms with Gasteiger partial charge in [-0.2, -0.15) is 0 Å². The van der Waals surface area contributed by atoms with Crippen molar-refractivity contribution in [1.82, 2.24) is 9.88 Å². The fraction of sp³-hybridized carbons (Fsp3) is 0.158. The van der Waals surface area contributed by atoms with Gasteiger partial charge in [-0.15, -0.1) is 0 Å². The highest BCUT2D eigenvalue weighted by atomic mass is 35.5. The molecule has 0 saturated carbocycles. The Morgan fingerprint density at radius 3 is 2.41 bits per heavy atom. The van der Waals surface area contributed by atoms with E-state index in [1.54, 1.807) is 42.8 Å². The molecule has 27 heavy (non-hydrogen) atoms. The van der Waals surface area contributed by atoms with E-state index in [0.717, 1.165) is 5.52 Å². The van der Waals surface area contributed by atoms with Gasteiger partial charge in [0.05, 0.1) is 21.7 Å². The van der Waals surface area contributed by atoms with Crippen molar-refractivity contribution in [3.8, 4) is 0 Å². The highest BCUT2D eigenvalue weighted by Crippen LogP contribution is 2.33. The van der Waals surface area contributed by atoms with E-state index in [-0.39, 0.29) is 16.5 Å². The SMILES string of the molecule is CC(NC(=O)c1cc2c(Cl)c(Cl)ccc2n1C)c1ccc(C(=O)O)cc1Cl. The average molecular weight is 426 g/mol. The lowest BCUT2D eigenvalue weighted by Crippen LogP contribution is -2.28. The zero-order chi connectivity index (χ0) is 19.9. The molecule has 0 bridgehead atoms. The number of fused-ring (bicyclic) bond motifs is 1. The Morgan fingerprint density at radius 1 is 1.07 bits per heavy atom. The second kappa shape index (κ2) is 7.43. The van der Waals surface area contributed by atoms with Crippen molar-refractivity contribution in [2.75, 3.05) is 0 Å². The molecule has 0 aliphatic heterocycles. The Hall–Kier alpha value is -2.21. The molecule has 1 aromatic heterocycles. The van der Waals surface area contributed by atoms with Gasteiger partial charge < -0.3 is 15.0 Å². The maximum absolute atomic E-state index is 12.8. The van der Waals surface area contributed by atoms with Gasteiger partial charge in [0.2, 0.25) is 0 Å². The topological polar surface area (TPSA) is 71.3 Å². The quantitative estimate of drug-likeness (QED) is 0.593. The van der Waals surface area contributed by atoms with Crippen molar-refractivity contribution >= 4 is 57.6 Å². The van der Waals surface area contributed by atoms with Gasteiger partial charge in [0.25, 0.3) is 5.91 Å². The van der Waals surface area contributed by atoms with E-state index < -0.39 is 12.0 Å². The molecule has 140 valence electrons. The summed E-state index contributed by atoms with van der Waals surface area (Å²) in [5.74, 6) is -1.38. The largest absolute Gasteiger partial charge is 0.478 e. The Morgan fingerprint density at radius 2 is 1.78 bits per heavy atom. The minimum absolute atomic E-state index is 0.0856. The third-order valence-corrected chi connectivity index (χ3v) is 5.55. The Labute approximate surface area is 170 Å². The molecule has 3 rings (SSSR count). The fourth-order valence-electron chi connectivity index (χ4n) is 2.93. The molecule has 5 nitrogen and oxygen atoms in total. The molecule has 1 amide bonds. The number of carboxylic acid groups (broad SMARTS) is 1. The van der Waals surface area contributed by atoms with Crippen molar-refractivity contribution < 1.29 is 14.7 Å². The third-order valence-electron chi connectivity index (χ3n) is 4.41. The van der Waals surface area contributed by atoms with Crippen LogP contribution in [-0.2, 0) is 7.05 Å². The Balaban J connectivity index is 1.89. The minimum atomic E-state index is -1.06. The predicted octanol–water partition coefficient (Wildman–Crippen LogP) is 5.33. The standard InChI is InChI=1S/C19H15Cl3N2O3/c1-9(11-4-3-10(19(26)27)7-14(11)21)23-18(25)16-8-12-15(24(16)2)6-5-13(20)17(12)22/h3-9H,1-2H3,(H,23,25)(H,26,27). The summed E-state index contributed by atoms with van der Waals surface area (Å²) in [5, 5.41) is 13.7. The lowest BCUT2D eigenvalue weighted by molar-refractivity contribution is 0.0696. The lowest BCUT2D eigenvalue weighted by Gasteiger charge is -2.16. The number of nitrogens with one attached hydrogen (secondary N) is 1. The number of nitrogens with zero attached hydrogens (tertiary/aromatic N) is 1. The number of hydrogen-bond acceptors (Lipinski definition) is 2. The predicted molar refractivity (Wildman–Crippen MR) is 107 cm³/mol. The van der Waals surface area contributed by atoms with Crippen molar-refractivity contribution in [3.63, 3.8) is 0 Å². The normalized spacial score (nSPS) is 12.2. The van der Waals surface area contributed by atoms with Crippen molar-refractivity contribution in [1.29, 1.82) is 0 Å². The highest BCUT2D eigenvalue weighted by Gasteiger charge is 2.20. The summed E-state index contributed by atoms with van der Waals surface area (Å²) in [7, 11) is 1.76. The zero-order valence-corrected chi connectivity index (χ0v) is 16.7. The van der Waals surface area contributed by atoms with E-state index in [1.807, 2.05) is 0 Å². The molecular formula is C19H15Cl3N2O3. The van der Waals surface area contributed by atoms with Gasteiger partial charge in [0, 0.05) is 23.0 Å². The number of carbonyl (C=O) groups is 2. The molecule has 2 aromatic carbocycles. The molecule has 0 fully saturated rings. The molecule has 2 N–H and O–H groups in total. The molecule has 8 heteroatoms. The number of aromatic nitrogens is 1. The van der Waals surface area contributed by atoms with Crippen LogP contribution in [0.3, 0.4) is 0 Å². The van der Waals surface area contributed by atoms with Gasteiger partial charge in [0.15, 0.2) is 0 Å². The van der Waals surface area contributed by atoms with E-state index in [2.05, 4.69) is 5.32 Å². The van der Waals surface area contributed by atoms with Crippen LogP contribution >= 0.6 is 34.8 Å². The van der Waals surface area contributed by atoms with Gasteiger partial charge in [-0.25, -0.2) is 4.79 Å². The fourth-order valence-corrected chi connectivity index (χ4v) is 3.65. The smallest absolute Gasteiger partial charge is 0.335 e. The van der Waals surface area contributed by atoms with Gasteiger partial charge in [-0.1, -0.05) is 40.9 Å². The van der Waals surface area contributed by atoms with Gasteiger partial charge in [-0.05, 0) is 42.8 Å². The van der Waals surface area contributed by atoms with Gasteiger partial charge in [-0.3, -0.25) is 4.79 Å². The highest BCUT2D eigenvalue weighted by molar-refractivity contribution is 6.45. The molecule has 1 heterocycles. The number of halogens is 3. The van der Waals surface area contributed by atoms with Crippen molar-refractivity contribution in [2.24, 2.45) is 7.05 Å². The number of amides is 1.